The summed E-state index contributed by atoms with van der Waals surface area (Å²) in [7, 11) is 0. The van der Waals surface area contributed by atoms with Crippen LogP contribution in [0.15, 0.2) is 0 Å². The van der Waals surface area contributed by atoms with Crippen molar-refractivity contribution in [1.82, 2.24) is 0 Å². The van der Waals surface area contributed by atoms with Crippen LogP contribution in [0.2, 0.25) is 0 Å². The molecule has 0 aliphatic carbocycles. The lowest BCUT2D eigenvalue weighted by Gasteiger charge is -2.19. The molecule has 2 atom stereocenters. The third kappa shape index (κ3) is 5.96. The Kier molecular flexibility index (Phi) is 14.4. The van der Waals surface area contributed by atoms with Gasteiger partial charge < -0.3 is 26.8 Å². The second kappa shape index (κ2) is 9.47. The molecule has 5 nitrogen and oxygen atoms in total. The predicted octanol–water partition coefficient (Wildman–Crippen LogP) is -2.17. The molecule has 0 aromatic carbocycles. The number of halogens is 2. The van der Waals surface area contributed by atoms with Crippen LogP contribution in [0.5, 0.6) is 0 Å². The summed E-state index contributed by atoms with van der Waals surface area (Å²) in [5, 5.41) is 26.6. The standard InChI is InChI=1S/C5H14N2O3.2ClH/c6-1-3(8)5(10)4(9)2-7;;/h3-5,8-10H,1-2,6-7H2;2*1H. The normalized spacial score (nSPS) is 16.8. The molecule has 0 spiro atoms. The number of rotatable bonds is 4. The molecule has 0 aliphatic rings. The maximum Gasteiger partial charge on any atom is 0.108 e. The fraction of sp³-hybridized carbons (Fsp3) is 1.00. The topological polar surface area (TPSA) is 113 Å². The van der Waals surface area contributed by atoms with Crippen LogP contribution < -0.4 is 11.5 Å². The Labute approximate surface area is 83.6 Å². The van der Waals surface area contributed by atoms with E-state index in [0.29, 0.717) is 0 Å². The monoisotopic (exact) mass is 222 g/mol. The van der Waals surface area contributed by atoms with E-state index in [1.807, 2.05) is 0 Å². The van der Waals surface area contributed by atoms with Gasteiger partial charge in [-0.1, -0.05) is 0 Å². The molecule has 0 saturated heterocycles. The maximum absolute atomic E-state index is 8.93. The van der Waals surface area contributed by atoms with Crippen molar-refractivity contribution in [3.63, 3.8) is 0 Å². The first-order valence-corrected chi connectivity index (χ1v) is 3.07. The van der Waals surface area contributed by atoms with E-state index in [-0.39, 0.29) is 37.9 Å². The molecule has 0 radical (unpaired) electrons. The zero-order valence-electron chi connectivity index (χ0n) is 6.46. The minimum atomic E-state index is -1.24. The molecule has 0 amide bonds. The van der Waals surface area contributed by atoms with E-state index in [1.54, 1.807) is 0 Å². The van der Waals surface area contributed by atoms with Gasteiger partial charge in [-0.05, 0) is 0 Å². The van der Waals surface area contributed by atoms with E-state index in [1.165, 1.54) is 0 Å². The van der Waals surface area contributed by atoms with E-state index in [2.05, 4.69) is 0 Å². The van der Waals surface area contributed by atoms with Gasteiger partial charge in [0.1, 0.15) is 6.10 Å². The first-order valence-electron chi connectivity index (χ1n) is 3.07. The van der Waals surface area contributed by atoms with Crippen LogP contribution in [0, 0.1) is 0 Å². The molecule has 2 unspecified atom stereocenters. The summed E-state index contributed by atoms with van der Waals surface area (Å²) in [4.78, 5) is 0. The first-order chi connectivity index (χ1) is 4.63. The highest BCUT2D eigenvalue weighted by atomic mass is 35.5. The smallest absolute Gasteiger partial charge is 0.108 e. The van der Waals surface area contributed by atoms with Crippen molar-refractivity contribution in [2.75, 3.05) is 13.1 Å². The molecular weight excluding hydrogens is 207 g/mol. The van der Waals surface area contributed by atoms with Crippen molar-refractivity contribution in [1.29, 1.82) is 0 Å². The fourth-order valence-corrected chi connectivity index (χ4v) is 0.535. The number of hydrogen-bond acceptors (Lipinski definition) is 5. The van der Waals surface area contributed by atoms with Crippen molar-refractivity contribution in [3.05, 3.63) is 0 Å². The Morgan fingerprint density at radius 1 is 0.833 bits per heavy atom. The van der Waals surface area contributed by atoms with Gasteiger partial charge in [-0.15, -0.1) is 24.8 Å². The highest BCUT2D eigenvalue weighted by Gasteiger charge is 2.21. The molecule has 12 heavy (non-hydrogen) atoms. The van der Waals surface area contributed by atoms with Gasteiger partial charge in [0.2, 0.25) is 0 Å². The van der Waals surface area contributed by atoms with E-state index < -0.39 is 18.3 Å². The van der Waals surface area contributed by atoms with Crippen molar-refractivity contribution in [3.8, 4) is 0 Å². The second-order valence-corrected chi connectivity index (χ2v) is 2.10. The third-order valence-corrected chi connectivity index (χ3v) is 1.27. The summed E-state index contributed by atoms with van der Waals surface area (Å²) in [6.45, 7) is -0.170. The molecule has 0 aromatic rings. The Morgan fingerprint density at radius 3 is 1.25 bits per heavy atom. The minimum Gasteiger partial charge on any atom is -0.389 e. The van der Waals surface area contributed by atoms with Crippen LogP contribution in [0.1, 0.15) is 0 Å². The third-order valence-electron chi connectivity index (χ3n) is 1.27. The average Bonchev–Trinajstić information content (AvgIpc) is 2.00. The van der Waals surface area contributed by atoms with Crippen LogP contribution >= 0.6 is 24.8 Å². The quantitative estimate of drug-likeness (QED) is 0.372. The van der Waals surface area contributed by atoms with Crippen LogP contribution in [-0.4, -0.2) is 46.7 Å². The minimum absolute atomic E-state index is 0. The van der Waals surface area contributed by atoms with Gasteiger partial charge in [0.05, 0.1) is 12.2 Å². The highest BCUT2D eigenvalue weighted by Crippen LogP contribution is 1.96. The molecular formula is C5H16Cl2N2O3. The second-order valence-electron chi connectivity index (χ2n) is 2.10. The van der Waals surface area contributed by atoms with E-state index in [9.17, 15) is 0 Å². The summed E-state index contributed by atoms with van der Waals surface area (Å²) in [5.41, 5.74) is 10.0. The number of nitrogens with two attached hydrogens (primary N) is 2. The molecule has 0 aliphatic heterocycles. The van der Waals surface area contributed by atoms with Crippen LogP contribution in [0.4, 0.5) is 0 Å². The Hall–Kier alpha value is 0.380. The summed E-state index contributed by atoms with van der Waals surface area (Å²) >= 11 is 0. The van der Waals surface area contributed by atoms with Gasteiger partial charge in [-0.2, -0.15) is 0 Å². The predicted molar refractivity (Wildman–Crippen MR) is 50.6 cm³/mol. The number of aliphatic hydroxyl groups is 3. The summed E-state index contributed by atoms with van der Waals surface area (Å²) in [6, 6.07) is 0. The molecule has 0 rings (SSSR count). The van der Waals surface area contributed by atoms with Gasteiger partial charge in [-0.3, -0.25) is 0 Å². The average molecular weight is 223 g/mol. The zero-order chi connectivity index (χ0) is 8.15. The Morgan fingerprint density at radius 2 is 1.08 bits per heavy atom. The zero-order valence-corrected chi connectivity index (χ0v) is 8.09. The van der Waals surface area contributed by atoms with Crippen LogP contribution in [-0.2, 0) is 0 Å². The van der Waals surface area contributed by atoms with Crippen molar-refractivity contribution in [2.24, 2.45) is 11.5 Å². The molecule has 0 bridgehead atoms. The van der Waals surface area contributed by atoms with E-state index >= 15 is 0 Å². The Balaban J connectivity index is -0.000000405. The lowest BCUT2D eigenvalue weighted by molar-refractivity contribution is -0.0509. The highest BCUT2D eigenvalue weighted by molar-refractivity contribution is 5.85. The number of aliphatic hydroxyl groups excluding tert-OH is 3. The Bertz CT molecular complexity index is 88.8. The lowest BCUT2D eigenvalue weighted by atomic mass is 10.1. The first kappa shape index (κ1) is 18.2. The summed E-state index contributed by atoms with van der Waals surface area (Å²) in [5.74, 6) is 0. The number of hydrogen-bond donors (Lipinski definition) is 5. The molecule has 0 saturated carbocycles. The van der Waals surface area contributed by atoms with Crippen LogP contribution in [0.3, 0.4) is 0 Å². The lowest BCUT2D eigenvalue weighted by Crippen LogP contribution is -2.44. The SMILES string of the molecule is Cl.Cl.NCC(O)C(O)C(O)CN. The molecule has 7 heteroatoms. The van der Waals surface area contributed by atoms with Crippen LogP contribution in [0.25, 0.3) is 0 Å². The van der Waals surface area contributed by atoms with Gasteiger partial charge in [0.25, 0.3) is 0 Å². The van der Waals surface area contributed by atoms with Gasteiger partial charge in [0, 0.05) is 13.1 Å². The largest absolute Gasteiger partial charge is 0.389 e. The fourth-order valence-electron chi connectivity index (χ4n) is 0.535. The van der Waals surface area contributed by atoms with Gasteiger partial charge in [-0.25, -0.2) is 0 Å². The van der Waals surface area contributed by atoms with Gasteiger partial charge >= 0.3 is 0 Å². The molecule has 0 heterocycles. The van der Waals surface area contributed by atoms with E-state index in [4.69, 9.17) is 26.8 Å². The molecule has 78 valence electrons. The van der Waals surface area contributed by atoms with Crippen molar-refractivity contribution in [2.45, 2.75) is 18.3 Å². The summed E-state index contributed by atoms with van der Waals surface area (Å²) < 4.78 is 0. The molecule has 7 N–H and O–H groups in total. The summed E-state index contributed by atoms with van der Waals surface area (Å²) in [6.07, 6.45) is -3.44. The van der Waals surface area contributed by atoms with Gasteiger partial charge in [0.15, 0.2) is 0 Å². The van der Waals surface area contributed by atoms with Crippen molar-refractivity contribution >= 4 is 24.8 Å². The molecule has 0 aromatic heterocycles. The van der Waals surface area contributed by atoms with Crippen molar-refractivity contribution < 1.29 is 15.3 Å². The van der Waals surface area contributed by atoms with E-state index in [0.717, 1.165) is 0 Å². The molecule has 0 fully saturated rings. The maximum atomic E-state index is 8.93.